The van der Waals surface area contributed by atoms with Gasteiger partial charge < -0.3 is 0 Å². The minimum atomic E-state index is -3.91. The first kappa shape index (κ1) is 14.6. The van der Waals surface area contributed by atoms with Crippen LogP contribution in [-0.4, -0.2) is 36.0 Å². The maximum atomic E-state index is 11.8. The van der Waals surface area contributed by atoms with E-state index in [1.807, 2.05) is 0 Å². The Morgan fingerprint density at radius 1 is 1.50 bits per heavy atom. The van der Waals surface area contributed by atoms with E-state index >= 15 is 0 Å². The van der Waals surface area contributed by atoms with Crippen LogP contribution in [0.3, 0.4) is 0 Å². The van der Waals surface area contributed by atoms with Gasteiger partial charge in [0.2, 0.25) is 21.7 Å². The molecule has 1 unspecified atom stereocenters. The Labute approximate surface area is 118 Å². The van der Waals surface area contributed by atoms with Gasteiger partial charge in [-0.25, -0.2) is 18.5 Å². The zero-order chi connectivity index (χ0) is 15.1. The molecule has 0 spiro atoms. The molecule has 20 heavy (non-hydrogen) atoms. The molecule has 0 bridgehead atoms. The van der Waals surface area contributed by atoms with Crippen LogP contribution in [-0.2, 0) is 14.8 Å². The van der Waals surface area contributed by atoms with Crippen LogP contribution >= 0.6 is 11.6 Å². The monoisotopic (exact) mass is 320 g/mol. The third kappa shape index (κ3) is 2.71. The molecule has 1 aliphatic heterocycles. The number of pyridine rings is 1. The molecular formula is C9H9ClN4O5S. The minimum Gasteiger partial charge on any atom is -0.290 e. The molecule has 1 aliphatic rings. The van der Waals surface area contributed by atoms with Gasteiger partial charge in [-0.2, -0.15) is 0 Å². The second-order valence-corrected chi connectivity index (χ2v) is 6.39. The van der Waals surface area contributed by atoms with Gasteiger partial charge in [-0.15, -0.1) is 0 Å². The van der Waals surface area contributed by atoms with Gasteiger partial charge in [0.1, 0.15) is 10.4 Å². The summed E-state index contributed by atoms with van der Waals surface area (Å²) in [5, 5.41) is 14.7. The lowest BCUT2D eigenvalue weighted by atomic mass is 10.3. The smallest absolute Gasteiger partial charge is 0.290 e. The van der Waals surface area contributed by atoms with E-state index in [-0.39, 0.29) is 23.9 Å². The molecular weight excluding hydrogens is 312 g/mol. The third-order valence-corrected chi connectivity index (χ3v) is 4.28. The summed E-state index contributed by atoms with van der Waals surface area (Å²) in [6.45, 7) is -0.286. The molecule has 11 heteroatoms. The molecule has 0 aromatic carbocycles. The van der Waals surface area contributed by atoms with E-state index < -0.39 is 31.8 Å². The standard InChI is InChI=1S/C9H9ClN4O5S/c10-7-2-1-6(14(16)17)9(12-7)13-4-5(3-8(13)15)20(11,18)19/h1-2,5H,3-4H2,(H2,11,18,19). The zero-order valence-electron chi connectivity index (χ0n) is 9.89. The average molecular weight is 321 g/mol. The highest BCUT2D eigenvalue weighted by Crippen LogP contribution is 2.31. The molecule has 2 rings (SSSR count). The number of primary sulfonamides is 1. The van der Waals surface area contributed by atoms with Crippen molar-refractivity contribution < 1.29 is 18.1 Å². The van der Waals surface area contributed by atoms with Crippen LogP contribution < -0.4 is 10.0 Å². The van der Waals surface area contributed by atoms with Crippen molar-refractivity contribution in [2.45, 2.75) is 11.7 Å². The van der Waals surface area contributed by atoms with Gasteiger partial charge in [-0.3, -0.25) is 19.8 Å². The Morgan fingerprint density at radius 2 is 2.15 bits per heavy atom. The molecule has 0 radical (unpaired) electrons. The molecule has 1 atom stereocenters. The molecule has 2 N–H and O–H groups in total. The molecule has 0 saturated carbocycles. The quantitative estimate of drug-likeness (QED) is 0.474. The van der Waals surface area contributed by atoms with E-state index in [2.05, 4.69) is 4.98 Å². The Morgan fingerprint density at radius 3 is 2.65 bits per heavy atom. The zero-order valence-corrected chi connectivity index (χ0v) is 11.5. The van der Waals surface area contributed by atoms with Crippen molar-refractivity contribution in [3.05, 3.63) is 27.4 Å². The molecule has 108 valence electrons. The molecule has 9 nitrogen and oxygen atoms in total. The van der Waals surface area contributed by atoms with E-state index in [1.54, 1.807) is 0 Å². The van der Waals surface area contributed by atoms with Gasteiger partial charge >= 0.3 is 5.69 Å². The van der Waals surface area contributed by atoms with Crippen LogP contribution in [0.5, 0.6) is 0 Å². The van der Waals surface area contributed by atoms with Crippen LogP contribution in [0.25, 0.3) is 0 Å². The fourth-order valence-electron chi connectivity index (χ4n) is 1.86. The van der Waals surface area contributed by atoms with Crippen molar-refractivity contribution in [1.82, 2.24) is 4.98 Å². The lowest BCUT2D eigenvalue weighted by molar-refractivity contribution is -0.384. The van der Waals surface area contributed by atoms with Crippen LogP contribution in [0.1, 0.15) is 6.42 Å². The second kappa shape index (κ2) is 4.96. The van der Waals surface area contributed by atoms with Gasteiger partial charge in [-0.05, 0) is 6.07 Å². The van der Waals surface area contributed by atoms with Crippen molar-refractivity contribution in [3.63, 3.8) is 0 Å². The first-order valence-electron chi connectivity index (χ1n) is 5.33. The minimum absolute atomic E-state index is 0.0440. The first-order valence-corrected chi connectivity index (χ1v) is 7.32. The summed E-state index contributed by atoms with van der Waals surface area (Å²) < 4.78 is 22.5. The van der Waals surface area contributed by atoms with Crippen molar-refractivity contribution >= 4 is 39.0 Å². The number of nitro groups is 1. The maximum absolute atomic E-state index is 11.8. The average Bonchev–Trinajstić information content (AvgIpc) is 2.70. The largest absolute Gasteiger partial charge is 0.312 e. The second-order valence-electron chi connectivity index (χ2n) is 4.15. The lowest BCUT2D eigenvalue weighted by Gasteiger charge is -2.15. The number of hydrogen-bond donors (Lipinski definition) is 1. The fraction of sp³-hybridized carbons (Fsp3) is 0.333. The summed E-state index contributed by atoms with van der Waals surface area (Å²) in [6, 6.07) is 2.31. The summed E-state index contributed by atoms with van der Waals surface area (Å²) in [5.41, 5.74) is -0.433. The van der Waals surface area contributed by atoms with Crippen LogP contribution in [0.2, 0.25) is 5.15 Å². The topological polar surface area (TPSA) is 136 Å². The number of hydrogen-bond acceptors (Lipinski definition) is 6. The highest BCUT2D eigenvalue weighted by Gasteiger charge is 2.40. The lowest BCUT2D eigenvalue weighted by Crippen LogP contribution is -2.32. The number of anilines is 1. The molecule has 1 saturated heterocycles. The fourth-order valence-corrected chi connectivity index (χ4v) is 2.73. The van der Waals surface area contributed by atoms with Gasteiger partial charge in [0, 0.05) is 19.0 Å². The summed E-state index contributed by atoms with van der Waals surface area (Å²) in [7, 11) is -3.91. The maximum Gasteiger partial charge on any atom is 0.312 e. The van der Waals surface area contributed by atoms with Gasteiger partial charge in [0.25, 0.3) is 0 Å². The summed E-state index contributed by atoms with van der Waals surface area (Å²) >= 11 is 5.66. The molecule has 1 aromatic heterocycles. The van der Waals surface area contributed by atoms with Crippen LogP contribution in [0, 0.1) is 10.1 Å². The number of nitrogens with zero attached hydrogens (tertiary/aromatic N) is 3. The number of carbonyl (C=O) groups excluding carboxylic acids is 1. The summed E-state index contributed by atoms with van der Waals surface area (Å²) in [5.74, 6) is -0.888. The Balaban J connectivity index is 2.45. The van der Waals surface area contributed by atoms with Crippen LogP contribution in [0.4, 0.5) is 11.5 Å². The Kier molecular flexibility index (Phi) is 3.63. The van der Waals surface area contributed by atoms with E-state index in [9.17, 15) is 23.3 Å². The molecule has 1 fully saturated rings. The third-order valence-electron chi connectivity index (χ3n) is 2.83. The van der Waals surface area contributed by atoms with Crippen molar-refractivity contribution in [3.8, 4) is 0 Å². The number of sulfonamides is 1. The van der Waals surface area contributed by atoms with Crippen molar-refractivity contribution in [1.29, 1.82) is 0 Å². The summed E-state index contributed by atoms with van der Waals surface area (Å²) in [4.78, 5) is 26.7. The van der Waals surface area contributed by atoms with Gasteiger partial charge in [-0.1, -0.05) is 11.6 Å². The Bertz CT molecular complexity index is 692. The van der Waals surface area contributed by atoms with Gasteiger partial charge in [0.05, 0.1) is 4.92 Å². The number of amides is 1. The van der Waals surface area contributed by atoms with Gasteiger partial charge in [0.15, 0.2) is 0 Å². The molecule has 2 heterocycles. The Hall–Kier alpha value is -1.78. The predicted octanol–water partition coefficient (Wildman–Crippen LogP) is 0.0370. The van der Waals surface area contributed by atoms with E-state index in [1.165, 1.54) is 6.07 Å². The van der Waals surface area contributed by atoms with Crippen molar-refractivity contribution in [2.75, 3.05) is 11.4 Å². The highest BCUT2D eigenvalue weighted by atomic mass is 35.5. The van der Waals surface area contributed by atoms with E-state index in [4.69, 9.17) is 16.7 Å². The summed E-state index contributed by atoms with van der Waals surface area (Å²) in [6.07, 6.45) is -0.343. The number of nitrogens with two attached hydrogens (primary N) is 1. The van der Waals surface area contributed by atoms with Crippen LogP contribution in [0.15, 0.2) is 12.1 Å². The highest BCUT2D eigenvalue weighted by molar-refractivity contribution is 7.89. The van der Waals surface area contributed by atoms with E-state index in [0.717, 1.165) is 11.0 Å². The molecule has 1 amide bonds. The number of carbonyl (C=O) groups is 1. The molecule has 1 aromatic rings. The first-order chi connectivity index (χ1) is 9.20. The van der Waals surface area contributed by atoms with Crippen molar-refractivity contribution in [2.24, 2.45) is 5.14 Å². The predicted molar refractivity (Wildman–Crippen MR) is 69.8 cm³/mol. The number of halogens is 1. The number of aromatic nitrogens is 1. The molecule has 0 aliphatic carbocycles. The number of rotatable bonds is 3. The normalized spacial score (nSPS) is 19.4. The SMILES string of the molecule is NS(=O)(=O)C1CC(=O)N(c2nc(Cl)ccc2[N+](=O)[O-])C1. The van der Waals surface area contributed by atoms with E-state index in [0.29, 0.717) is 0 Å².